The summed E-state index contributed by atoms with van der Waals surface area (Å²) in [4.78, 5) is 5.28. The monoisotopic (exact) mass is 724 g/mol. The van der Waals surface area contributed by atoms with Crippen LogP contribution in [0, 0.1) is 0 Å². The normalized spacial score (nSPS) is 11.5. The van der Waals surface area contributed by atoms with Gasteiger partial charge in [0, 0.05) is 11.3 Å². The zero-order chi connectivity index (χ0) is 37.7. The lowest BCUT2D eigenvalue weighted by atomic mass is 9.83. The van der Waals surface area contributed by atoms with Gasteiger partial charge in [0.15, 0.2) is 0 Å². The van der Waals surface area contributed by atoms with Gasteiger partial charge in [0.05, 0.1) is 11.0 Å². The summed E-state index contributed by atoms with van der Waals surface area (Å²) in [6, 6.07) is 78.9. The largest absolute Gasteiger partial charge is 0.292 e. The molecular formula is C55H36N2. The first-order valence-corrected chi connectivity index (χ1v) is 19.5. The molecule has 1 heterocycles. The SMILES string of the molecule is c1ccc(-c2c3ccc(-c4cccc5ccccc45)cc3c(-c3ccccc3)c3ccc(-c4ccc5c(c4)nc(-c4ccccc4)n5-c4ccccc4)cc23)cc1. The summed E-state index contributed by atoms with van der Waals surface area (Å²) in [6.07, 6.45) is 0. The van der Waals surface area contributed by atoms with Crippen molar-refractivity contribution in [3.05, 3.63) is 218 Å². The highest BCUT2D eigenvalue weighted by atomic mass is 15.1. The van der Waals surface area contributed by atoms with Crippen LogP contribution >= 0.6 is 0 Å². The third kappa shape index (κ3) is 5.61. The summed E-state index contributed by atoms with van der Waals surface area (Å²) in [5, 5.41) is 7.44. The van der Waals surface area contributed by atoms with Crippen LogP contribution in [0.4, 0.5) is 0 Å². The lowest BCUT2D eigenvalue weighted by molar-refractivity contribution is 1.10. The molecule has 0 fully saturated rings. The van der Waals surface area contributed by atoms with Crippen molar-refractivity contribution < 1.29 is 0 Å². The van der Waals surface area contributed by atoms with Crippen LogP contribution in [-0.4, -0.2) is 9.55 Å². The van der Waals surface area contributed by atoms with Gasteiger partial charge >= 0.3 is 0 Å². The van der Waals surface area contributed by atoms with Gasteiger partial charge in [-0.2, -0.15) is 0 Å². The average Bonchev–Trinajstić information content (AvgIpc) is 3.68. The predicted molar refractivity (Wildman–Crippen MR) is 241 cm³/mol. The molecule has 0 radical (unpaired) electrons. The molecule has 11 aromatic rings. The van der Waals surface area contributed by atoms with E-state index < -0.39 is 0 Å². The number of hydrogen-bond acceptors (Lipinski definition) is 1. The number of fused-ring (bicyclic) bond motifs is 4. The molecule has 10 aromatic carbocycles. The molecule has 266 valence electrons. The van der Waals surface area contributed by atoms with Crippen LogP contribution in [-0.2, 0) is 0 Å². The fourth-order valence-corrected chi connectivity index (χ4v) is 8.76. The fraction of sp³-hybridized carbons (Fsp3) is 0. The fourth-order valence-electron chi connectivity index (χ4n) is 8.76. The van der Waals surface area contributed by atoms with Gasteiger partial charge < -0.3 is 0 Å². The van der Waals surface area contributed by atoms with Crippen molar-refractivity contribution in [3.63, 3.8) is 0 Å². The van der Waals surface area contributed by atoms with E-state index in [4.69, 9.17) is 4.98 Å². The van der Waals surface area contributed by atoms with Gasteiger partial charge in [-0.3, -0.25) is 4.57 Å². The molecule has 2 nitrogen and oxygen atoms in total. The van der Waals surface area contributed by atoms with Gasteiger partial charge in [-0.25, -0.2) is 4.98 Å². The molecule has 0 saturated heterocycles. The molecular weight excluding hydrogens is 689 g/mol. The van der Waals surface area contributed by atoms with E-state index in [2.05, 4.69) is 223 Å². The summed E-state index contributed by atoms with van der Waals surface area (Å²) in [7, 11) is 0. The van der Waals surface area contributed by atoms with Crippen LogP contribution < -0.4 is 0 Å². The Morgan fingerprint density at radius 3 is 1.49 bits per heavy atom. The van der Waals surface area contributed by atoms with Crippen molar-refractivity contribution in [3.8, 4) is 61.6 Å². The zero-order valence-corrected chi connectivity index (χ0v) is 31.2. The van der Waals surface area contributed by atoms with Gasteiger partial charge in [-0.15, -0.1) is 0 Å². The van der Waals surface area contributed by atoms with Crippen LogP contribution in [0.1, 0.15) is 0 Å². The van der Waals surface area contributed by atoms with Crippen molar-refractivity contribution in [2.75, 3.05) is 0 Å². The van der Waals surface area contributed by atoms with Crippen LogP contribution in [0.3, 0.4) is 0 Å². The molecule has 0 N–H and O–H groups in total. The first kappa shape index (κ1) is 32.8. The number of imidazole rings is 1. The highest BCUT2D eigenvalue weighted by molar-refractivity contribution is 6.22. The Kier molecular flexibility index (Phi) is 7.86. The van der Waals surface area contributed by atoms with E-state index in [0.29, 0.717) is 0 Å². The zero-order valence-electron chi connectivity index (χ0n) is 31.2. The van der Waals surface area contributed by atoms with Crippen molar-refractivity contribution in [1.29, 1.82) is 0 Å². The lowest BCUT2D eigenvalue weighted by Gasteiger charge is -2.20. The number of rotatable bonds is 6. The molecule has 0 atom stereocenters. The van der Waals surface area contributed by atoms with Gasteiger partial charge in [0.1, 0.15) is 5.82 Å². The van der Waals surface area contributed by atoms with Crippen molar-refractivity contribution in [2.24, 2.45) is 0 Å². The molecule has 57 heavy (non-hydrogen) atoms. The Labute approximate surface area is 331 Å². The van der Waals surface area contributed by atoms with Crippen molar-refractivity contribution >= 4 is 43.4 Å². The van der Waals surface area contributed by atoms with Crippen molar-refractivity contribution in [2.45, 2.75) is 0 Å². The molecule has 0 aliphatic heterocycles. The summed E-state index contributed by atoms with van der Waals surface area (Å²) in [6.45, 7) is 0. The summed E-state index contributed by atoms with van der Waals surface area (Å²) in [5.74, 6) is 0.931. The predicted octanol–water partition coefficient (Wildman–Crippen LogP) is 14.8. The average molecular weight is 725 g/mol. The van der Waals surface area contributed by atoms with Gasteiger partial charge in [-0.1, -0.05) is 182 Å². The molecule has 1 aromatic heterocycles. The van der Waals surface area contributed by atoms with E-state index in [1.807, 2.05) is 0 Å². The maximum Gasteiger partial charge on any atom is 0.145 e. The van der Waals surface area contributed by atoms with E-state index in [1.54, 1.807) is 0 Å². The van der Waals surface area contributed by atoms with Gasteiger partial charge in [0.2, 0.25) is 0 Å². The molecule has 0 spiro atoms. The number of benzene rings is 10. The molecule has 0 aliphatic rings. The van der Waals surface area contributed by atoms with E-state index in [1.165, 1.54) is 65.7 Å². The second-order valence-electron chi connectivity index (χ2n) is 14.7. The third-order valence-electron chi connectivity index (χ3n) is 11.4. The molecule has 11 rings (SSSR count). The van der Waals surface area contributed by atoms with Crippen LogP contribution in [0.2, 0.25) is 0 Å². The quantitative estimate of drug-likeness (QED) is 0.156. The van der Waals surface area contributed by atoms with Crippen molar-refractivity contribution in [1.82, 2.24) is 9.55 Å². The van der Waals surface area contributed by atoms with Gasteiger partial charge in [0.25, 0.3) is 0 Å². The lowest BCUT2D eigenvalue weighted by Crippen LogP contribution is -1.97. The highest BCUT2D eigenvalue weighted by Gasteiger charge is 2.20. The minimum atomic E-state index is 0.931. The molecule has 0 bridgehead atoms. The third-order valence-corrected chi connectivity index (χ3v) is 11.4. The van der Waals surface area contributed by atoms with E-state index in [9.17, 15) is 0 Å². The molecule has 0 unspecified atom stereocenters. The standard InChI is InChI=1S/C55H36N2/c1-5-17-38(18-6-1)53-48-32-29-43(46-27-15-23-37-16-13-14-26-45(37)46)35-50(48)54(39-19-7-2-8-20-39)47-31-28-41(34-49(47)53)42-30-33-52-51(36-42)56-55(40-21-9-3-10-22-40)57(52)44-24-11-4-12-25-44/h1-36H. The Hall–Kier alpha value is -7.55. The van der Waals surface area contributed by atoms with Gasteiger partial charge in [-0.05, 0) is 113 Å². The minimum absolute atomic E-state index is 0.931. The topological polar surface area (TPSA) is 17.8 Å². The Morgan fingerprint density at radius 1 is 0.316 bits per heavy atom. The Bertz CT molecular complexity index is 3250. The number of nitrogens with zero attached hydrogens (tertiary/aromatic N) is 2. The second kappa shape index (κ2) is 13.6. The Balaban J connectivity index is 1.17. The molecule has 2 heteroatoms. The first-order chi connectivity index (χ1) is 28.3. The Morgan fingerprint density at radius 2 is 0.825 bits per heavy atom. The number of hydrogen-bond donors (Lipinski definition) is 0. The summed E-state index contributed by atoms with van der Waals surface area (Å²) in [5.41, 5.74) is 13.9. The molecule has 0 amide bonds. The van der Waals surface area contributed by atoms with E-state index >= 15 is 0 Å². The number of para-hydroxylation sites is 1. The first-order valence-electron chi connectivity index (χ1n) is 19.5. The highest BCUT2D eigenvalue weighted by Crippen LogP contribution is 2.46. The summed E-state index contributed by atoms with van der Waals surface area (Å²) < 4.78 is 2.27. The van der Waals surface area contributed by atoms with Crippen LogP contribution in [0.15, 0.2) is 218 Å². The number of aromatic nitrogens is 2. The summed E-state index contributed by atoms with van der Waals surface area (Å²) >= 11 is 0. The van der Waals surface area contributed by atoms with E-state index in [0.717, 1.165) is 39.2 Å². The smallest absolute Gasteiger partial charge is 0.145 e. The maximum absolute atomic E-state index is 5.28. The van der Waals surface area contributed by atoms with Crippen LogP contribution in [0.25, 0.3) is 105 Å². The minimum Gasteiger partial charge on any atom is -0.292 e. The molecule has 0 saturated carbocycles. The van der Waals surface area contributed by atoms with Crippen LogP contribution in [0.5, 0.6) is 0 Å². The second-order valence-corrected chi connectivity index (χ2v) is 14.7. The molecule has 0 aliphatic carbocycles. The van der Waals surface area contributed by atoms with E-state index in [-0.39, 0.29) is 0 Å². The maximum atomic E-state index is 5.28.